The van der Waals surface area contributed by atoms with Crippen LogP contribution >= 0.6 is 0 Å². The third kappa shape index (κ3) is 3.69. The molecule has 4 aromatic rings. The second-order valence-corrected chi connectivity index (χ2v) is 7.22. The van der Waals surface area contributed by atoms with Crippen LogP contribution in [0.2, 0.25) is 0 Å². The average molecular weight is 406 g/mol. The van der Waals surface area contributed by atoms with Crippen LogP contribution in [-0.4, -0.2) is 16.7 Å². The number of anilines is 1. The van der Waals surface area contributed by atoms with Crippen molar-refractivity contribution >= 4 is 23.0 Å². The highest BCUT2D eigenvalue weighted by atomic mass is 16.4. The second kappa shape index (κ2) is 7.88. The molecule has 0 unspecified atom stereocenters. The van der Waals surface area contributed by atoms with E-state index in [-0.39, 0.29) is 18.1 Å². The zero-order chi connectivity index (χ0) is 21.2. The standard InChI is InChI=1S/C26H18N2O3/c29-23(15-14-21-20-8-4-5-9-22(20)28-25(21)30)17-10-12-19(13-11-17)26-27-16-24(31-26)18-6-2-1-3-7-18/h1-14,16H,15H2,(H,28,30)/b21-14-. The van der Waals surface area contributed by atoms with E-state index in [2.05, 4.69) is 10.3 Å². The molecule has 1 aliphatic rings. The van der Waals surface area contributed by atoms with E-state index in [0.29, 0.717) is 22.8 Å². The number of oxazole rings is 1. The molecule has 5 nitrogen and oxygen atoms in total. The van der Waals surface area contributed by atoms with E-state index in [9.17, 15) is 9.59 Å². The molecule has 31 heavy (non-hydrogen) atoms. The predicted octanol–water partition coefficient (Wildman–Crippen LogP) is 5.62. The van der Waals surface area contributed by atoms with Crippen LogP contribution in [0.15, 0.2) is 95.6 Å². The molecule has 2 heterocycles. The minimum Gasteiger partial charge on any atom is -0.436 e. The summed E-state index contributed by atoms with van der Waals surface area (Å²) >= 11 is 0. The zero-order valence-corrected chi connectivity index (χ0v) is 16.5. The highest BCUT2D eigenvalue weighted by Gasteiger charge is 2.23. The number of amides is 1. The molecule has 0 spiro atoms. The molecule has 0 aliphatic carbocycles. The van der Waals surface area contributed by atoms with E-state index in [4.69, 9.17) is 4.42 Å². The third-order valence-corrected chi connectivity index (χ3v) is 5.22. The van der Waals surface area contributed by atoms with Crippen LogP contribution in [0.4, 0.5) is 5.69 Å². The number of nitrogens with one attached hydrogen (secondary N) is 1. The lowest BCUT2D eigenvalue weighted by atomic mass is 10.0. The zero-order valence-electron chi connectivity index (χ0n) is 16.5. The number of fused-ring (bicyclic) bond motifs is 1. The van der Waals surface area contributed by atoms with Gasteiger partial charge in [-0.25, -0.2) is 4.98 Å². The summed E-state index contributed by atoms with van der Waals surface area (Å²) in [4.78, 5) is 29.2. The fourth-order valence-corrected chi connectivity index (χ4v) is 3.60. The van der Waals surface area contributed by atoms with E-state index >= 15 is 0 Å². The molecule has 5 heteroatoms. The van der Waals surface area contributed by atoms with Crippen molar-refractivity contribution < 1.29 is 14.0 Å². The Morgan fingerprint density at radius 2 is 1.65 bits per heavy atom. The van der Waals surface area contributed by atoms with Gasteiger partial charge in [0.25, 0.3) is 5.91 Å². The van der Waals surface area contributed by atoms with Crippen molar-refractivity contribution in [2.24, 2.45) is 0 Å². The van der Waals surface area contributed by atoms with Crippen molar-refractivity contribution in [3.8, 4) is 22.8 Å². The van der Waals surface area contributed by atoms with Crippen molar-refractivity contribution in [2.45, 2.75) is 6.42 Å². The van der Waals surface area contributed by atoms with Crippen LogP contribution in [-0.2, 0) is 4.79 Å². The number of carbonyl (C=O) groups excluding carboxylic acids is 2. The van der Waals surface area contributed by atoms with Gasteiger partial charge in [-0.1, -0.05) is 66.7 Å². The van der Waals surface area contributed by atoms with Crippen molar-refractivity contribution in [3.05, 3.63) is 102 Å². The van der Waals surface area contributed by atoms with Gasteiger partial charge in [0.2, 0.25) is 5.89 Å². The summed E-state index contributed by atoms with van der Waals surface area (Å²) in [5.74, 6) is 0.952. The number of hydrogen-bond donors (Lipinski definition) is 1. The number of Topliss-reactive ketones (excluding diaryl/α,β-unsaturated/α-hetero) is 1. The molecule has 1 aliphatic heterocycles. The number of para-hydroxylation sites is 1. The molecule has 0 radical (unpaired) electrons. The molecule has 1 amide bonds. The first-order valence-electron chi connectivity index (χ1n) is 9.95. The van der Waals surface area contributed by atoms with Gasteiger partial charge in [0.05, 0.1) is 6.20 Å². The van der Waals surface area contributed by atoms with E-state index < -0.39 is 0 Å². The second-order valence-electron chi connectivity index (χ2n) is 7.22. The summed E-state index contributed by atoms with van der Waals surface area (Å²) in [7, 11) is 0. The van der Waals surface area contributed by atoms with Gasteiger partial charge >= 0.3 is 0 Å². The maximum Gasteiger partial charge on any atom is 0.256 e. The highest BCUT2D eigenvalue weighted by Crippen LogP contribution is 2.31. The number of carbonyl (C=O) groups is 2. The predicted molar refractivity (Wildman–Crippen MR) is 119 cm³/mol. The van der Waals surface area contributed by atoms with E-state index in [0.717, 1.165) is 22.4 Å². The summed E-state index contributed by atoms with van der Waals surface area (Å²) in [6, 6.07) is 24.4. The SMILES string of the molecule is O=C1Nc2ccccc2/C1=C/CC(=O)c1ccc(-c2ncc(-c3ccccc3)o2)cc1. The quantitative estimate of drug-likeness (QED) is 0.345. The Morgan fingerprint density at radius 1 is 0.903 bits per heavy atom. The third-order valence-electron chi connectivity index (χ3n) is 5.22. The molecule has 0 saturated heterocycles. The van der Waals surface area contributed by atoms with Gasteiger partial charge in [-0.2, -0.15) is 0 Å². The summed E-state index contributed by atoms with van der Waals surface area (Å²) in [6.45, 7) is 0. The Labute approximate surface area is 179 Å². The number of allylic oxidation sites excluding steroid dienone is 1. The first-order valence-corrected chi connectivity index (χ1v) is 9.95. The Balaban J connectivity index is 1.31. The molecule has 150 valence electrons. The first-order chi connectivity index (χ1) is 15.2. The van der Waals surface area contributed by atoms with Crippen LogP contribution in [0.5, 0.6) is 0 Å². The monoisotopic (exact) mass is 406 g/mol. The van der Waals surface area contributed by atoms with Crippen molar-refractivity contribution in [2.75, 3.05) is 5.32 Å². The van der Waals surface area contributed by atoms with Crippen LogP contribution in [0.3, 0.4) is 0 Å². The minimum absolute atomic E-state index is 0.0615. The Kier molecular flexibility index (Phi) is 4.77. The topological polar surface area (TPSA) is 72.2 Å². The Morgan fingerprint density at radius 3 is 2.45 bits per heavy atom. The number of rotatable bonds is 5. The van der Waals surface area contributed by atoms with Gasteiger partial charge in [-0.05, 0) is 18.2 Å². The Hall–Kier alpha value is -4.25. The highest BCUT2D eigenvalue weighted by molar-refractivity contribution is 6.31. The van der Waals surface area contributed by atoms with Crippen molar-refractivity contribution in [1.29, 1.82) is 0 Å². The normalized spacial score (nSPS) is 13.8. The van der Waals surface area contributed by atoms with Gasteiger partial charge in [-0.3, -0.25) is 9.59 Å². The molecule has 3 aromatic carbocycles. The molecular formula is C26H18N2O3. The maximum absolute atomic E-state index is 12.6. The minimum atomic E-state index is -0.178. The number of aromatic nitrogens is 1. The summed E-state index contributed by atoms with van der Waals surface area (Å²) in [5, 5.41) is 2.81. The van der Waals surface area contributed by atoms with E-state index in [1.165, 1.54) is 0 Å². The number of hydrogen-bond acceptors (Lipinski definition) is 4. The van der Waals surface area contributed by atoms with Crippen LogP contribution in [0.1, 0.15) is 22.3 Å². The molecular weight excluding hydrogens is 388 g/mol. The lowest BCUT2D eigenvalue weighted by Crippen LogP contribution is -2.04. The number of ketones is 1. The molecule has 5 rings (SSSR count). The van der Waals surface area contributed by atoms with Gasteiger partial charge < -0.3 is 9.73 Å². The van der Waals surface area contributed by atoms with Gasteiger partial charge in [-0.15, -0.1) is 0 Å². The smallest absolute Gasteiger partial charge is 0.256 e. The summed E-state index contributed by atoms with van der Waals surface area (Å²) < 4.78 is 5.87. The molecule has 0 saturated carbocycles. The average Bonchev–Trinajstić information content (AvgIpc) is 3.43. The fraction of sp³-hybridized carbons (Fsp3) is 0.0385. The largest absolute Gasteiger partial charge is 0.436 e. The molecule has 1 aromatic heterocycles. The van der Waals surface area contributed by atoms with Crippen LogP contribution in [0.25, 0.3) is 28.4 Å². The van der Waals surface area contributed by atoms with Crippen molar-refractivity contribution in [1.82, 2.24) is 4.98 Å². The van der Waals surface area contributed by atoms with Gasteiger partial charge in [0, 0.05) is 39.9 Å². The van der Waals surface area contributed by atoms with Gasteiger partial charge in [0.15, 0.2) is 11.5 Å². The first kappa shape index (κ1) is 18.8. The molecule has 0 atom stereocenters. The summed E-state index contributed by atoms with van der Waals surface area (Å²) in [5.41, 5.74) is 4.46. The van der Waals surface area contributed by atoms with E-state index in [1.54, 1.807) is 24.4 Å². The summed E-state index contributed by atoms with van der Waals surface area (Å²) in [6.07, 6.45) is 3.53. The molecule has 0 bridgehead atoms. The number of nitrogens with zero attached hydrogens (tertiary/aromatic N) is 1. The Bertz CT molecular complexity index is 1300. The van der Waals surface area contributed by atoms with E-state index in [1.807, 2.05) is 66.7 Å². The lowest BCUT2D eigenvalue weighted by Gasteiger charge is -2.01. The lowest BCUT2D eigenvalue weighted by molar-refractivity contribution is -0.110. The van der Waals surface area contributed by atoms with Crippen LogP contribution < -0.4 is 5.32 Å². The fourth-order valence-electron chi connectivity index (χ4n) is 3.60. The number of benzene rings is 3. The van der Waals surface area contributed by atoms with Crippen LogP contribution in [0, 0.1) is 0 Å². The molecule has 0 fully saturated rings. The van der Waals surface area contributed by atoms with Gasteiger partial charge in [0.1, 0.15) is 0 Å². The maximum atomic E-state index is 12.6. The molecule has 1 N–H and O–H groups in total. The van der Waals surface area contributed by atoms with Crippen molar-refractivity contribution in [3.63, 3.8) is 0 Å².